The number of hydrogen-bond acceptors (Lipinski definition) is 10. The molecule has 0 radical (unpaired) electrons. The lowest BCUT2D eigenvalue weighted by molar-refractivity contribution is 0.845. The predicted molar refractivity (Wildman–Crippen MR) is 224 cm³/mol. The zero-order valence-electron chi connectivity index (χ0n) is 29.0. The van der Waals surface area contributed by atoms with Gasteiger partial charge in [-0.05, 0) is 61.9 Å². The molecule has 12 heteroatoms. The number of fused-ring (bicyclic) bond motifs is 6. The van der Waals surface area contributed by atoms with Crippen LogP contribution < -0.4 is 22.2 Å². The first-order chi connectivity index (χ1) is 24.1. The first-order valence-electron chi connectivity index (χ1n) is 16.5. The molecule has 6 nitrogen and oxygen atoms in total. The molecule has 0 amide bonds. The molecule has 50 heavy (non-hydrogen) atoms. The highest BCUT2D eigenvalue weighted by Crippen LogP contribution is 2.43. The van der Waals surface area contributed by atoms with Gasteiger partial charge in [0.05, 0.1) is 40.3 Å². The van der Waals surface area contributed by atoms with Crippen LogP contribution in [-0.2, 0) is 26.9 Å². The Morgan fingerprint density at radius 1 is 0.480 bits per heavy atom. The maximum Gasteiger partial charge on any atom is 0.262 e. The quantitative estimate of drug-likeness (QED) is 0.174. The van der Waals surface area contributed by atoms with E-state index in [1.165, 1.54) is 14.0 Å². The van der Waals surface area contributed by atoms with E-state index in [1.807, 2.05) is 52.0 Å². The highest BCUT2D eigenvalue weighted by atomic mass is 32.1. The molecule has 0 unspecified atom stereocenters. The summed E-state index contributed by atoms with van der Waals surface area (Å²) >= 11 is 9.66. The fourth-order valence-corrected chi connectivity index (χ4v) is 12.8. The lowest BCUT2D eigenvalue weighted by Gasteiger charge is -1.93. The van der Waals surface area contributed by atoms with Crippen LogP contribution in [0, 0.1) is 6.92 Å². The monoisotopic (exact) mass is 776 g/mol. The zero-order valence-corrected chi connectivity index (χ0v) is 33.9. The minimum absolute atomic E-state index is 0.250. The summed E-state index contributed by atoms with van der Waals surface area (Å²) in [7, 11) is 3.11. The Morgan fingerprint density at radius 3 is 1.38 bits per heavy atom. The van der Waals surface area contributed by atoms with Crippen molar-refractivity contribution >= 4 is 108 Å². The summed E-state index contributed by atoms with van der Waals surface area (Å²) in [5, 5.41) is 2.31. The smallest absolute Gasteiger partial charge is 0.262 e. The number of aromatic nitrogens is 2. The van der Waals surface area contributed by atoms with E-state index in [0.29, 0.717) is 28.0 Å². The molecule has 0 spiro atoms. The molecule has 0 saturated carbocycles. The molecule has 0 fully saturated rings. The van der Waals surface area contributed by atoms with Crippen LogP contribution in [0.1, 0.15) is 54.1 Å². The van der Waals surface area contributed by atoms with Crippen molar-refractivity contribution in [1.29, 1.82) is 0 Å². The van der Waals surface area contributed by atoms with Gasteiger partial charge in [0.25, 0.3) is 22.2 Å². The Hall–Kier alpha value is -3.52. The molecular formula is C38H36N2O4S6. The minimum Gasteiger partial charge on any atom is -0.277 e. The van der Waals surface area contributed by atoms with E-state index in [0.717, 1.165) is 59.4 Å². The molecule has 8 rings (SSSR count). The Balaban J connectivity index is 0.00000104. The standard InChI is InChI=1S/C34H24N2O4S6.2C2H6/c1-5-16-11-19-27(43-16)28-20(32(38)35(3)31(19)37)12-18(44-28)10-17-7-9-24(42-17)26-14-22-30(46-26)29-21(33(39)36(4)34(22)40)13-25(45-29)23-8-6-15(2)41-23;2*1-2/h6-9,11-14H,5,10H2,1-4H3;2*1-2H3. The van der Waals surface area contributed by atoms with E-state index < -0.39 is 0 Å². The molecule has 258 valence electrons. The lowest BCUT2D eigenvalue weighted by atomic mass is 10.2. The van der Waals surface area contributed by atoms with E-state index in [4.69, 9.17) is 0 Å². The van der Waals surface area contributed by atoms with Gasteiger partial charge in [0.2, 0.25) is 0 Å². The van der Waals surface area contributed by atoms with Crippen molar-refractivity contribution < 1.29 is 0 Å². The first kappa shape index (κ1) is 36.3. The van der Waals surface area contributed by atoms with Crippen molar-refractivity contribution in [2.75, 3.05) is 0 Å². The summed E-state index contributed by atoms with van der Waals surface area (Å²) in [5.41, 5.74) is -1.08. The summed E-state index contributed by atoms with van der Waals surface area (Å²) in [4.78, 5) is 61.7. The topological polar surface area (TPSA) is 78.1 Å². The number of rotatable bonds is 5. The highest BCUT2D eigenvalue weighted by molar-refractivity contribution is 7.32. The first-order valence-corrected chi connectivity index (χ1v) is 21.4. The average Bonchev–Trinajstić information content (AvgIpc) is 3.98. The van der Waals surface area contributed by atoms with Crippen LogP contribution in [0.5, 0.6) is 0 Å². The lowest BCUT2D eigenvalue weighted by Crippen LogP contribution is -2.26. The van der Waals surface area contributed by atoms with E-state index in [1.54, 1.807) is 82.1 Å². The Bertz CT molecular complexity index is 2800. The molecule has 0 aromatic carbocycles. The van der Waals surface area contributed by atoms with E-state index in [-0.39, 0.29) is 22.2 Å². The molecule has 8 heterocycles. The molecule has 0 aliphatic heterocycles. The minimum atomic E-state index is -0.288. The van der Waals surface area contributed by atoms with Gasteiger partial charge < -0.3 is 0 Å². The molecule has 0 aliphatic rings. The molecule has 0 atom stereocenters. The maximum atomic E-state index is 13.4. The van der Waals surface area contributed by atoms with Crippen LogP contribution in [0.15, 0.2) is 67.7 Å². The van der Waals surface area contributed by atoms with Crippen LogP contribution >= 0.6 is 68.0 Å². The second kappa shape index (κ2) is 14.6. The van der Waals surface area contributed by atoms with Crippen molar-refractivity contribution in [3.63, 3.8) is 0 Å². The Kier molecular flexibility index (Phi) is 10.6. The molecule has 8 aromatic rings. The van der Waals surface area contributed by atoms with Crippen molar-refractivity contribution in [3.8, 4) is 19.5 Å². The highest BCUT2D eigenvalue weighted by Gasteiger charge is 2.19. The van der Waals surface area contributed by atoms with E-state index >= 15 is 0 Å². The Labute approximate surface area is 312 Å². The van der Waals surface area contributed by atoms with Gasteiger partial charge in [0.15, 0.2) is 0 Å². The van der Waals surface area contributed by atoms with Gasteiger partial charge in [-0.25, -0.2) is 0 Å². The van der Waals surface area contributed by atoms with E-state index in [9.17, 15) is 19.2 Å². The summed E-state index contributed by atoms with van der Waals surface area (Å²) in [5.74, 6) is 0. The number of thiophene rings is 6. The SMILES string of the molecule is CC.CC.CCc1cc2c(=O)n(C)c(=O)c3cc(Cc4ccc(-c5cc6c(=O)n(C)c(=O)c7cc(-c8ccc(C)s8)sc7c6s5)s4)sc3c2s1. The summed E-state index contributed by atoms with van der Waals surface area (Å²) < 4.78 is 5.90. The normalized spacial score (nSPS) is 11.3. The van der Waals surface area contributed by atoms with Gasteiger partial charge in [-0.15, -0.1) is 68.0 Å². The van der Waals surface area contributed by atoms with Crippen LogP contribution in [-0.4, -0.2) is 9.13 Å². The number of hydrogen-bond donors (Lipinski definition) is 0. The molecule has 0 bridgehead atoms. The molecule has 0 saturated heterocycles. The van der Waals surface area contributed by atoms with Gasteiger partial charge in [0, 0.05) is 59.5 Å². The maximum absolute atomic E-state index is 13.4. The fraction of sp³-hybridized carbons (Fsp3) is 0.263. The van der Waals surface area contributed by atoms with Crippen LogP contribution in [0.3, 0.4) is 0 Å². The van der Waals surface area contributed by atoms with Crippen LogP contribution in [0.25, 0.3) is 59.9 Å². The summed E-state index contributed by atoms with van der Waals surface area (Å²) in [6.07, 6.45) is 1.50. The van der Waals surface area contributed by atoms with Crippen molar-refractivity contribution in [3.05, 3.63) is 109 Å². The van der Waals surface area contributed by atoms with Gasteiger partial charge in [-0.1, -0.05) is 34.6 Å². The zero-order chi connectivity index (χ0) is 36.0. The second-order valence-electron chi connectivity index (χ2n) is 11.2. The third kappa shape index (κ3) is 6.20. The largest absolute Gasteiger partial charge is 0.277 e. The summed E-state index contributed by atoms with van der Waals surface area (Å²) in [6, 6.07) is 16.1. The van der Waals surface area contributed by atoms with Gasteiger partial charge >= 0.3 is 0 Å². The number of aryl methyl sites for hydroxylation is 2. The van der Waals surface area contributed by atoms with Gasteiger partial charge in [-0.2, -0.15) is 0 Å². The van der Waals surface area contributed by atoms with Crippen molar-refractivity contribution in [1.82, 2.24) is 9.13 Å². The van der Waals surface area contributed by atoms with Crippen LogP contribution in [0.2, 0.25) is 0 Å². The Morgan fingerprint density at radius 2 is 0.900 bits per heavy atom. The van der Waals surface area contributed by atoms with Gasteiger partial charge in [0.1, 0.15) is 0 Å². The third-order valence-corrected chi connectivity index (χ3v) is 15.7. The van der Waals surface area contributed by atoms with Crippen LogP contribution in [0.4, 0.5) is 0 Å². The van der Waals surface area contributed by atoms with Gasteiger partial charge in [-0.3, -0.25) is 28.3 Å². The van der Waals surface area contributed by atoms with Crippen molar-refractivity contribution in [2.45, 2.75) is 54.4 Å². The summed E-state index contributed by atoms with van der Waals surface area (Å²) in [6.45, 7) is 12.1. The number of nitrogens with zero attached hydrogens (tertiary/aromatic N) is 2. The van der Waals surface area contributed by atoms with Crippen molar-refractivity contribution in [2.24, 2.45) is 14.1 Å². The average molecular weight is 777 g/mol. The predicted octanol–water partition coefficient (Wildman–Crippen LogP) is 10.6. The molecule has 0 aliphatic carbocycles. The van der Waals surface area contributed by atoms with E-state index in [2.05, 4.69) is 38.1 Å². The second-order valence-corrected chi connectivity index (χ2v) is 18.0. The molecule has 8 aromatic heterocycles. The molecule has 0 N–H and O–H groups in total. The third-order valence-electron chi connectivity index (χ3n) is 8.17. The fourth-order valence-electron chi connectivity index (χ4n) is 5.73. The molecular weight excluding hydrogens is 741 g/mol.